The second-order valence-electron chi connectivity index (χ2n) is 7.38. The van der Waals surface area contributed by atoms with Crippen LogP contribution in [0.2, 0.25) is 0 Å². The summed E-state index contributed by atoms with van der Waals surface area (Å²) in [5.41, 5.74) is 1.03. The van der Waals surface area contributed by atoms with E-state index in [0.717, 1.165) is 6.07 Å². The summed E-state index contributed by atoms with van der Waals surface area (Å²) in [6.07, 6.45) is 0. The van der Waals surface area contributed by atoms with E-state index in [-0.39, 0.29) is 38.5 Å². The molecular weight excluding hydrogens is 465 g/mol. The van der Waals surface area contributed by atoms with Crippen LogP contribution in [0.25, 0.3) is 10.8 Å². The van der Waals surface area contributed by atoms with E-state index < -0.39 is 22.4 Å². The van der Waals surface area contributed by atoms with Crippen LogP contribution < -0.4 is 15.9 Å². The molecule has 0 fully saturated rings. The lowest BCUT2D eigenvalue weighted by atomic mass is 10.1. The lowest BCUT2D eigenvalue weighted by molar-refractivity contribution is 0.479. The highest BCUT2D eigenvalue weighted by Crippen LogP contribution is 2.48. The molecule has 1 unspecified atom stereocenters. The van der Waals surface area contributed by atoms with E-state index in [0.29, 0.717) is 11.4 Å². The summed E-state index contributed by atoms with van der Waals surface area (Å²) < 4.78 is 46.5. The highest BCUT2D eigenvalue weighted by atomic mass is 32.2. The van der Waals surface area contributed by atoms with Crippen LogP contribution in [-0.2, 0) is 14.7 Å². The average Bonchev–Trinajstić information content (AvgIpc) is 2.78. The Bertz CT molecular complexity index is 1640. The van der Waals surface area contributed by atoms with Crippen LogP contribution in [0, 0.1) is 0 Å². The Hall–Kier alpha value is -3.56. The highest BCUT2D eigenvalue weighted by Gasteiger charge is 2.34. The molecule has 33 heavy (non-hydrogen) atoms. The third-order valence-electron chi connectivity index (χ3n) is 5.32. The Morgan fingerprint density at radius 2 is 1.48 bits per heavy atom. The standard InChI is InChI=1S/C22H16N3O6PS/c26-22-15-6-2-1-5-14(15)21(33(29,30)31)12-18(22)25-24-13-9-10-17-20(11-13)32(27,28)19-8-4-3-7-16(19)23-17/h1-12,23,26H,(H,27,28)(H,29,30,31). The van der Waals surface area contributed by atoms with E-state index in [1.807, 2.05) is 0 Å². The van der Waals surface area contributed by atoms with Crippen molar-refractivity contribution >= 4 is 61.6 Å². The van der Waals surface area contributed by atoms with Crippen molar-refractivity contribution in [2.75, 3.05) is 5.32 Å². The molecule has 1 heterocycles. The molecular formula is C22H16N3O6PS. The summed E-state index contributed by atoms with van der Waals surface area (Å²) >= 11 is 0. The van der Waals surface area contributed by atoms with Gasteiger partial charge in [0.1, 0.15) is 10.6 Å². The molecule has 0 saturated heterocycles. The van der Waals surface area contributed by atoms with Gasteiger partial charge in [-0.15, -0.1) is 5.11 Å². The highest BCUT2D eigenvalue weighted by molar-refractivity contribution is 7.86. The number of phenols is 1. The molecule has 11 heteroatoms. The van der Waals surface area contributed by atoms with Gasteiger partial charge in [0.2, 0.25) is 0 Å². The minimum atomic E-state index is -4.60. The Kier molecular flexibility index (Phi) is 4.84. The fourth-order valence-corrected chi connectivity index (χ4v) is 6.26. The normalized spacial score (nSPS) is 17.5. The molecule has 1 aliphatic rings. The van der Waals surface area contributed by atoms with E-state index in [1.54, 1.807) is 48.5 Å². The first-order valence-corrected chi connectivity index (χ1v) is 12.7. The number of benzene rings is 4. The van der Waals surface area contributed by atoms with E-state index in [2.05, 4.69) is 15.5 Å². The summed E-state index contributed by atoms with van der Waals surface area (Å²) in [5.74, 6) is -0.317. The molecule has 4 aromatic carbocycles. The third-order valence-corrected chi connectivity index (χ3v) is 8.28. The zero-order valence-corrected chi connectivity index (χ0v) is 18.5. The second-order valence-corrected chi connectivity index (χ2v) is 10.9. The predicted molar refractivity (Wildman–Crippen MR) is 125 cm³/mol. The summed E-state index contributed by atoms with van der Waals surface area (Å²) in [6.45, 7) is 0. The van der Waals surface area contributed by atoms with Crippen molar-refractivity contribution in [3.63, 3.8) is 0 Å². The van der Waals surface area contributed by atoms with E-state index in [9.17, 15) is 27.5 Å². The molecule has 0 bridgehead atoms. The number of nitrogens with one attached hydrogen (secondary N) is 1. The van der Waals surface area contributed by atoms with Gasteiger partial charge in [0, 0.05) is 10.8 Å². The molecule has 0 saturated carbocycles. The Morgan fingerprint density at radius 1 is 0.818 bits per heavy atom. The number of anilines is 2. The third kappa shape index (κ3) is 3.59. The van der Waals surface area contributed by atoms with Gasteiger partial charge in [-0.3, -0.25) is 9.12 Å². The zero-order chi connectivity index (χ0) is 23.4. The number of hydrogen-bond acceptors (Lipinski definition) is 7. The van der Waals surface area contributed by atoms with Gasteiger partial charge in [-0.2, -0.15) is 13.5 Å². The molecule has 4 N–H and O–H groups in total. The first kappa shape index (κ1) is 21.3. The first-order chi connectivity index (χ1) is 15.7. The van der Waals surface area contributed by atoms with Gasteiger partial charge in [-0.1, -0.05) is 36.4 Å². The number of fused-ring (bicyclic) bond motifs is 3. The molecule has 1 aliphatic heterocycles. The Labute approximate surface area is 188 Å². The summed E-state index contributed by atoms with van der Waals surface area (Å²) in [6, 6.07) is 18.4. The SMILES string of the molecule is O=P1(O)c2ccccc2Nc2ccc(N=Nc3cc(S(=O)(=O)O)c4ccccc4c3O)cc21. The van der Waals surface area contributed by atoms with E-state index >= 15 is 0 Å². The maximum Gasteiger partial charge on any atom is 0.295 e. The number of nitrogens with zero attached hydrogens (tertiary/aromatic N) is 2. The molecule has 166 valence electrons. The van der Waals surface area contributed by atoms with Gasteiger partial charge >= 0.3 is 0 Å². The van der Waals surface area contributed by atoms with Crippen molar-refractivity contribution in [1.82, 2.24) is 0 Å². The Balaban J connectivity index is 1.60. The van der Waals surface area contributed by atoms with Crippen molar-refractivity contribution in [1.29, 1.82) is 0 Å². The Morgan fingerprint density at radius 3 is 2.24 bits per heavy atom. The molecule has 0 aromatic heterocycles. The van der Waals surface area contributed by atoms with Crippen molar-refractivity contribution in [3.05, 3.63) is 72.8 Å². The number of azo groups is 1. The van der Waals surface area contributed by atoms with Gasteiger partial charge in [-0.25, -0.2) is 0 Å². The quantitative estimate of drug-likeness (QED) is 0.191. The topological polar surface area (TPSA) is 149 Å². The lowest BCUT2D eigenvalue weighted by Crippen LogP contribution is -2.26. The van der Waals surface area contributed by atoms with Crippen LogP contribution in [0.3, 0.4) is 0 Å². The van der Waals surface area contributed by atoms with Gasteiger partial charge in [0.05, 0.1) is 27.7 Å². The molecule has 0 aliphatic carbocycles. The number of aromatic hydroxyl groups is 1. The van der Waals surface area contributed by atoms with E-state index in [1.165, 1.54) is 18.2 Å². The fraction of sp³-hybridized carbons (Fsp3) is 0. The smallest absolute Gasteiger partial charge is 0.295 e. The predicted octanol–water partition coefficient (Wildman–Crippen LogP) is 4.49. The largest absolute Gasteiger partial charge is 0.505 e. The molecule has 0 amide bonds. The molecule has 0 radical (unpaired) electrons. The van der Waals surface area contributed by atoms with Gasteiger partial charge in [-0.05, 0) is 36.4 Å². The van der Waals surface area contributed by atoms with Gasteiger partial charge < -0.3 is 15.3 Å². The van der Waals surface area contributed by atoms with Crippen LogP contribution in [0.15, 0.2) is 87.9 Å². The van der Waals surface area contributed by atoms with Gasteiger partial charge in [0.15, 0.2) is 5.75 Å². The van der Waals surface area contributed by atoms with Crippen LogP contribution >= 0.6 is 7.37 Å². The molecule has 9 nitrogen and oxygen atoms in total. The molecule has 5 rings (SSSR count). The monoisotopic (exact) mass is 481 g/mol. The maximum atomic E-state index is 13.2. The first-order valence-electron chi connectivity index (χ1n) is 9.64. The summed E-state index contributed by atoms with van der Waals surface area (Å²) in [5, 5.41) is 22.4. The lowest BCUT2D eigenvalue weighted by Gasteiger charge is -2.25. The fourth-order valence-electron chi connectivity index (χ4n) is 3.77. The van der Waals surface area contributed by atoms with Gasteiger partial charge in [0.25, 0.3) is 17.5 Å². The minimum absolute atomic E-state index is 0.135. The van der Waals surface area contributed by atoms with Crippen LogP contribution in [0.1, 0.15) is 0 Å². The number of rotatable bonds is 3. The van der Waals surface area contributed by atoms with Crippen LogP contribution in [0.5, 0.6) is 5.75 Å². The molecule has 0 spiro atoms. The van der Waals surface area contributed by atoms with Crippen molar-refractivity contribution in [2.24, 2.45) is 10.2 Å². The summed E-state index contributed by atoms with van der Waals surface area (Å²) in [4.78, 5) is 10.4. The molecule has 1 atom stereocenters. The number of phenolic OH excluding ortho intramolecular Hbond substituents is 1. The molecule has 4 aromatic rings. The maximum absolute atomic E-state index is 13.2. The average molecular weight is 481 g/mol. The number of para-hydroxylation sites is 1. The zero-order valence-electron chi connectivity index (χ0n) is 16.7. The van der Waals surface area contributed by atoms with E-state index in [4.69, 9.17) is 0 Å². The van der Waals surface area contributed by atoms with Crippen molar-refractivity contribution in [2.45, 2.75) is 4.90 Å². The summed E-state index contributed by atoms with van der Waals surface area (Å²) in [7, 11) is -8.49. The van der Waals surface area contributed by atoms with Crippen molar-refractivity contribution in [3.8, 4) is 5.75 Å². The van der Waals surface area contributed by atoms with Crippen molar-refractivity contribution < 1.29 is 27.5 Å². The second kappa shape index (κ2) is 7.50. The van der Waals surface area contributed by atoms with Crippen LogP contribution in [0.4, 0.5) is 22.7 Å². The number of hydrogen-bond donors (Lipinski definition) is 4. The minimum Gasteiger partial charge on any atom is -0.505 e. The van der Waals surface area contributed by atoms with Crippen LogP contribution in [-0.4, -0.2) is 23.0 Å².